The van der Waals surface area contributed by atoms with Crippen LogP contribution in [0.25, 0.3) is 0 Å². The summed E-state index contributed by atoms with van der Waals surface area (Å²) in [6, 6.07) is 5.06. The molecule has 7 heteroatoms. The van der Waals surface area contributed by atoms with Crippen LogP contribution in [0.3, 0.4) is 0 Å². The van der Waals surface area contributed by atoms with Crippen LogP contribution in [0.15, 0.2) is 18.2 Å². The normalized spacial score (nSPS) is 10.7. The van der Waals surface area contributed by atoms with E-state index >= 15 is 0 Å². The summed E-state index contributed by atoms with van der Waals surface area (Å²) < 4.78 is 10.7. The second-order valence-electron chi connectivity index (χ2n) is 5.35. The lowest BCUT2D eigenvalue weighted by Crippen LogP contribution is -2.12. The van der Waals surface area contributed by atoms with Crippen molar-refractivity contribution in [2.45, 2.75) is 27.2 Å². The maximum absolute atomic E-state index is 12.3. The van der Waals surface area contributed by atoms with Gasteiger partial charge in [-0.15, -0.1) is 10.2 Å². The van der Waals surface area contributed by atoms with Crippen LogP contribution in [0.2, 0.25) is 0 Å². The molecule has 6 nitrogen and oxygen atoms in total. The van der Waals surface area contributed by atoms with Crippen molar-refractivity contribution >= 4 is 22.4 Å². The van der Waals surface area contributed by atoms with Gasteiger partial charge in [-0.3, -0.25) is 10.1 Å². The second-order valence-corrected chi connectivity index (χ2v) is 6.41. The Labute approximate surface area is 139 Å². The van der Waals surface area contributed by atoms with Gasteiger partial charge < -0.3 is 9.47 Å². The standard InChI is InChI=1S/C16H21N3O3S/c1-5-22-13-9-11(6-7-12(13)21-4)15(20)17-16-19-18-14(23-16)8-10(2)3/h6-7,9-10H,5,8H2,1-4H3,(H,17,19,20). The molecular weight excluding hydrogens is 314 g/mol. The Balaban J connectivity index is 2.11. The predicted octanol–water partition coefficient (Wildman–Crippen LogP) is 3.40. The molecule has 0 spiro atoms. The molecule has 0 atom stereocenters. The van der Waals surface area contributed by atoms with Crippen molar-refractivity contribution in [1.82, 2.24) is 10.2 Å². The van der Waals surface area contributed by atoms with Crippen molar-refractivity contribution in [1.29, 1.82) is 0 Å². The van der Waals surface area contributed by atoms with Gasteiger partial charge in [0.2, 0.25) is 5.13 Å². The van der Waals surface area contributed by atoms with E-state index in [1.807, 2.05) is 6.92 Å². The first-order valence-corrected chi connectivity index (χ1v) is 8.29. The van der Waals surface area contributed by atoms with Gasteiger partial charge in [0.25, 0.3) is 5.91 Å². The Morgan fingerprint density at radius 2 is 2.09 bits per heavy atom. The van der Waals surface area contributed by atoms with Crippen molar-refractivity contribution in [2.75, 3.05) is 19.0 Å². The van der Waals surface area contributed by atoms with Gasteiger partial charge >= 0.3 is 0 Å². The lowest BCUT2D eigenvalue weighted by Gasteiger charge is -2.10. The lowest BCUT2D eigenvalue weighted by atomic mass is 10.1. The minimum absolute atomic E-state index is 0.249. The predicted molar refractivity (Wildman–Crippen MR) is 90.6 cm³/mol. The third-order valence-electron chi connectivity index (χ3n) is 3.00. The monoisotopic (exact) mass is 335 g/mol. The smallest absolute Gasteiger partial charge is 0.257 e. The van der Waals surface area contributed by atoms with Crippen molar-refractivity contribution in [3.63, 3.8) is 0 Å². The Bertz CT molecular complexity index is 670. The largest absolute Gasteiger partial charge is 0.493 e. The van der Waals surface area contributed by atoms with Crippen LogP contribution in [-0.4, -0.2) is 29.8 Å². The second kappa shape index (κ2) is 7.92. The fraction of sp³-hybridized carbons (Fsp3) is 0.438. The number of ether oxygens (including phenoxy) is 2. The Hall–Kier alpha value is -2.15. The zero-order chi connectivity index (χ0) is 16.8. The van der Waals surface area contributed by atoms with E-state index in [2.05, 4.69) is 29.4 Å². The first-order chi connectivity index (χ1) is 11.0. The SMILES string of the molecule is CCOc1cc(C(=O)Nc2nnc(CC(C)C)s2)ccc1OC. The van der Waals surface area contributed by atoms with Crippen molar-refractivity contribution < 1.29 is 14.3 Å². The maximum atomic E-state index is 12.3. The molecule has 1 aromatic heterocycles. The molecule has 23 heavy (non-hydrogen) atoms. The van der Waals surface area contributed by atoms with Gasteiger partial charge in [-0.1, -0.05) is 25.2 Å². The van der Waals surface area contributed by atoms with Gasteiger partial charge in [0.1, 0.15) is 5.01 Å². The number of nitrogens with zero attached hydrogens (tertiary/aromatic N) is 2. The van der Waals surface area contributed by atoms with Gasteiger partial charge in [-0.05, 0) is 31.0 Å². The molecule has 1 amide bonds. The highest BCUT2D eigenvalue weighted by atomic mass is 32.1. The van der Waals surface area contributed by atoms with E-state index in [9.17, 15) is 4.79 Å². The van der Waals surface area contributed by atoms with Crippen LogP contribution < -0.4 is 14.8 Å². The Kier molecular flexibility index (Phi) is 5.92. The van der Waals surface area contributed by atoms with Crippen LogP contribution in [0, 0.1) is 5.92 Å². The summed E-state index contributed by atoms with van der Waals surface area (Å²) in [5.74, 6) is 1.39. The first kappa shape index (κ1) is 17.2. The van der Waals surface area contributed by atoms with Crippen LogP contribution >= 0.6 is 11.3 Å². The van der Waals surface area contributed by atoms with Crippen molar-refractivity contribution in [3.8, 4) is 11.5 Å². The lowest BCUT2D eigenvalue weighted by molar-refractivity contribution is 0.102. The summed E-state index contributed by atoms with van der Waals surface area (Å²) in [4.78, 5) is 12.3. The highest BCUT2D eigenvalue weighted by Crippen LogP contribution is 2.28. The number of anilines is 1. The fourth-order valence-corrected chi connectivity index (χ4v) is 2.94. The average molecular weight is 335 g/mol. The molecule has 0 saturated carbocycles. The number of methoxy groups -OCH3 is 1. The molecule has 2 aromatic rings. The molecule has 1 N–H and O–H groups in total. The Morgan fingerprint density at radius 1 is 1.30 bits per heavy atom. The number of hydrogen-bond acceptors (Lipinski definition) is 6. The van der Waals surface area contributed by atoms with E-state index in [0.717, 1.165) is 11.4 Å². The van der Waals surface area contributed by atoms with Crippen LogP contribution in [-0.2, 0) is 6.42 Å². The van der Waals surface area contributed by atoms with E-state index in [1.165, 1.54) is 11.3 Å². The number of carbonyl (C=O) groups excluding carboxylic acids is 1. The molecule has 0 saturated heterocycles. The molecule has 0 fully saturated rings. The van der Waals surface area contributed by atoms with Crippen molar-refractivity contribution in [2.24, 2.45) is 5.92 Å². The summed E-state index contributed by atoms with van der Waals surface area (Å²) in [6.45, 7) is 6.61. The number of rotatable bonds is 7. The van der Waals surface area contributed by atoms with Crippen molar-refractivity contribution in [3.05, 3.63) is 28.8 Å². The summed E-state index contributed by atoms with van der Waals surface area (Å²) in [5.41, 5.74) is 0.481. The minimum Gasteiger partial charge on any atom is -0.493 e. The summed E-state index contributed by atoms with van der Waals surface area (Å²) >= 11 is 1.40. The average Bonchev–Trinajstić information content (AvgIpc) is 2.93. The van der Waals surface area contributed by atoms with Crippen LogP contribution in [0.5, 0.6) is 11.5 Å². The quantitative estimate of drug-likeness (QED) is 0.839. The summed E-state index contributed by atoms with van der Waals surface area (Å²) in [7, 11) is 1.56. The zero-order valence-corrected chi connectivity index (χ0v) is 14.6. The van der Waals surface area contributed by atoms with Gasteiger partial charge in [0.05, 0.1) is 13.7 Å². The third-order valence-corrected chi connectivity index (χ3v) is 3.86. The first-order valence-electron chi connectivity index (χ1n) is 7.48. The van der Waals surface area contributed by atoms with E-state index in [0.29, 0.717) is 34.7 Å². The molecule has 0 aliphatic rings. The number of carbonyl (C=O) groups is 1. The van der Waals surface area contributed by atoms with E-state index in [1.54, 1.807) is 25.3 Å². The number of benzene rings is 1. The van der Waals surface area contributed by atoms with Gasteiger partial charge in [-0.2, -0.15) is 0 Å². The van der Waals surface area contributed by atoms with Gasteiger partial charge in [0.15, 0.2) is 11.5 Å². The minimum atomic E-state index is -0.249. The molecule has 1 heterocycles. The molecule has 0 unspecified atom stereocenters. The molecule has 124 valence electrons. The number of hydrogen-bond donors (Lipinski definition) is 1. The summed E-state index contributed by atoms with van der Waals surface area (Å²) in [6.07, 6.45) is 0.852. The number of aromatic nitrogens is 2. The fourth-order valence-electron chi connectivity index (χ4n) is 1.99. The topological polar surface area (TPSA) is 73.3 Å². The van der Waals surface area contributed by atoms with Crippen LogP contribution in [0.4, 0.5) is 5.13 Å². The van der Waals surface area contributed by atoms with E-state index in [-0.39, 0.29) is 5.91 Å². The maximum Gasteiger partial charge on any atom is 0.257 e. The molecule has 0 aliphatic heterocycles. The molecule has 0 bridgehead atoms. The highest BCUT2D eigenvalue weighted by Gasteiger charge is 2.14. The summed E-state index contributed by atoms with van der Waals surface area (Å²) in [5, 5.41) is 12.3. The van der Waals surface area contributed by atoms with E-state index < -0.39 is 0 Å². The molecule has 0 aliphatic carbocycles. The Morgan fingerprint density at radius 3 is 2.74 bits per heavy atom. The molecule has 1 aromatic carbocycles. The van der Waals surface area contributed by atoms with E-state index in [4.69, 9.17) is 9.47 Å². The molecule has 2 rings (SSSR count). The third kappa shape index (κ3) is 4.66. The van der Waals surface area contributed by atoms with Gasteiger partial charge in [0, 0.05) is 12.0 Å². The zero-order valence-electron chi connectivity index (χ0n) is 13.8. The highest BCUT2D eigenvalue weighted by molar-refractivity contribution is 7.15. The number of nitrogens with one attached hydrogen (secondary N) is 1. The molecule has 0 radical (unpaired) electrons. The molecular formula is C16H21N3O3S. The number of amides is 1. The van der Waals surface area contributed by atoms with Gasteiger partial charge in [-0.25, -0.2) is 0 Å². The van der Waals surface area contributed by atoms with Crippen LogP contribution in [0.1, 0.15) is 36.1 Å².